The Balaban J connectivity index is 2.31. The van der Waals surface area contributed by atoms with E-state index >= 15 is 0 Å². The van der Waals surface area contributed by atoms with Gasteiger partial charge in [-0.1, -0.05) is 20.8 Å². The lowest BCUT2D eigenvalue weighted by atomic mass is 9.88. The van der Waals surface area contributed by atoms with Gasteiger partial charge in [0, 0.05) is 19.5 Å². The molecule has 0 aliphatic carbocycles. The largest absolute Gasteiger partial charge is 0.343 e. The van der Waals surface area contributed by atoms with Crippen LogP contribution in [-0.2, 0) is 4.79 Å². The Kier molecular flexibility index (Phi) is 6.69. The molecule has 1 atom stereocenters. The Hall–Kier alpha value is -0.570. The number of nitrogens with zero attached hydrogens (tertiary/aromatic N) is 1. The summed E-state index contributed by atoms with van der Waals surface area (Å²) in [7, 11) is 0. The lowest BCUT2D eigenvalue weighted by molar-refractivity contribution is -0.132. The van der Waals surface area contributed by atoms with E-state index in [1.807, 2.05) is 0 Å². The van der Waals surface area contributed by atoms with Crippen molar-refractivity contribution in [1.29, 1.82) is 0 Å². The number of amides is 1. The van der Waals surface area contributed by atoms with Gasteiger partial charge in [-0.05, 0) is 50.0 Å². The zero-order valence-corrected chi connectivity index (χ0v) is 12.3. The van der Waals surface area contributed by atoms with E-state index in [9.17, 15) is 4.79 Å². The van der Waals surface area contributed by atoms with Crippen LogP contribution in [-0.4, -0.2) is 30.4 Å². The Morgan fingerprint density at radius 1 is 1.28 bits per heavy atom. The third-order valence-electron chi connectivity index (χ3n) is 4.35. The summed E-state index contributed by atoms with van der Waals surface area (Å²) in [5.74, 6) is 2.37. The summed E-state index contributed by atoms with van der Waals surface area (Å²) in [5.41, 5.74) is 5.64. The van der Waals surface area contributed by atoms with E-state index in [1.54, 1.807) is 0 Å². The van der Waals surface area contributed by atoms with Crippen LogP contribution in [0.5, 0.6) is 0 Å². The van der Waals surface area contributed by atoms with Crippen LogP contribution >= 0.6 is 0 Å². The highest BCUT2D eigenvalue weighted by atomic mass is 16.2. The molecule has 1 saturated heterocycles. The zero-order valence-electron chi connectivity index (χ0n) is 12.3. The Labute approximate surface area is 112 Å². The minimum Gasteiger partial charge on any atom is -0.343 e. The molecule has 0 radical (unpaired) electrons. The monoisotopic (exact) mass is 254 g/mol. The molecular formula is C15H30N2O. The maximum absolute atomic E-state index is 12.1. The number of rotatable bonds is 6. The first kappa shape index (κ1) is 15.5. The molecule has 1 fully saturated rings. The summed E-state index contributed by atoms with van der Waals surface area (Å²) in [5, 5.41) is 0. The lowest BCUT2D eigenvalue weighted by Crippen LogP contribution is -2.38. The van der Waals surface area contributed by atoms with E-state index < -0.39 is 0 Å². The predicted molar refractivity (Wildman–Crippen MR) is 76.2 cm³/mol. The molecule has 1 amide bonds. The molecule has 1 heterocycles. The number of carbonyl (C=O) groups is 1. The van der Waals surface area contributed by atoms with Crippen LogP contribution in [0.4, 0.5) is 0 Å². The highest BCUT2D eigenvalue weighted by Crippen LogP contribution is 2.22. The number of hydrogen-bond donors (Lipinski definition) is 1. The minimum atomic E-state index is 0.351. The smallest absolute Gasteiger partial charge is 0.222 e. The van der Waals surface area contributed by atoms with Crippen LogP contribution in [0.25, 0.3) is 0 Å². The minimum absolute atomic E-state index is 0.351. The van der Waals surface area contributed by atoms with Crippen molar-refractivity contribution in [3.63, 3.8) is 0 Å². The SMILES string of the molecule is CC1CCN(C(=O)CCC(CCN)C(C)C)CC1. The normalized spacial score (nSPS) is 19.3. The molecule has 1 aliphatic rings. The van der Waals surface area contributed by atoms with Crippen LogP contribution in [0.1, 0.15) is 52.9 Å². The van der Waals surface area contributed by atoms with Gasteiger partial charge in [-0.3, -0.25) is 4.79 Å². The van der Waals surface area contributed by atoms with Gasteiger partial charge < -0.3 is 10.6 Å². The molecule has 0 aromatic rings. The van der Waals surface area contributed by atoms with E-state index in [1.165, 1.54) is 12.8 Å². The van der Waals surface area contributed by atoms with E-state index in [0.717, 1.165) is 38.4 Å². The summed E-state index contributed by atoms with van der Waals surface area (Å²) in [6.07, 6.45) is 5.09. The quantitative estimate of drug-likeness (QED) is 0.792. The fraction of sp³-hybridized carbons (Fsp3) is 0.933. The second-order valence-corrected chi connectivity index (χ2v) is 6.18. The third-order valence-corrected chi connectivity index (χ3v) is 4.35. The average molecular weight is 254 g/mol. The fourth-order valence-corrected chi connectivity index (χ4v) is 2.75. The summed E-state index contributed by atoms with van der Waals surface area (Å²) >= 11 is 0. The Morgan fingerprint density at radius 2 is 1.89 bits per heavy atom. The maximum Gasteiger partial charge on any atom is 0.222 e. The molecule has 2 N–H and O–H groups in total. The first-order chi connectivity index (χ1) is 8.54. The maximum atomic E-state index is 12.1. The Bertz CT molecular complexity index is 245. The van der Waals surface area contributed by atoms with Crippen molar-refractivity contribution in [2.45, 2.75) is 52.9 Å². The number of piperidine rings is 1. The third kappa shape index (κ3) is 4.97. The topological polar surface area (TPSA) is 46.3 Å². The molecule has 18 heavy (non-hydrogen) atoms. The van der Waals surface area contributed by atoms with E-state index in [0.29, 0.717) is 24.2 Å². The van der Waals surface area contributed by atoms with Crippen molar-refractivity contribution in [2.24, 2.45) is 23.5 Å². The lowest BCUT2D eigenvalue weighted by Gasteiger charge is -2.31. The summed E-state index contributed by atoms with van der Waals surface area (Å²) in [6, 6.07) is 0. The van der Waals surface area contributed by atoms with Gasteiger partial charge in [0.15, 0.2) is 0 Å². The molecule has 3 nitrogen and oxygen atoms in total. The van der Waals surface area contributed by atoms with Crippen molar-refractivity contribution < 1.29 is 4.79 Å². The molecule has 3 heteroatoms. The van der Waals surface area contributed by atoms with Crippen molar-refractivity contribution in [2.75, 3.05) is 19.6 Å². The van der Waals surface area contributed by atoms with Gasteiger partial charge >= 0.3 is 0 Å². The number of likely N-dealkylation sites (tertiary alicyclic amines) is 1. The van der Waals surface area contributed by atoms with Gasteiger partial charge in [-0.2, -0.15) is 0 Å². The molecule has 0 saturated carbocycles. The molecule has 0 bridgehead atoms. The first-order valence-corrected chi connectivity index (χ1v) is 7.52. The fourth-order valence-electron chi connectivity index (χ4n) is 2.75. The molecule has 1 rings (SSSR count). The zero-order chi connectivity index (χ0) is 13.5. The second kappa shape index (κ2) is 7.78. The molecule has 0 aromatic carbocycles. The van der Waals surface area contributed by atoms with Crippen LogP contribution in [0.3, 0.4) is 0 Å². The first-order valence-electron chi connectivity index (χ1n) is 7.52. The number of carbonyl (C=O) groups excluding carboxylic acids is 1. The van der Waals surface area contributed by atoms with Crippen LogP contribution in [0, 0.1) is 17.8 Å². The highest BCUT2D eigenvalue weighted by molar-refractivity contribution is 5.76. The van der Waals surface area contributed by atoms with Crippen molar-refractivity contribution in [1.82, 2.24) is 4.90 Å². The molecular weight excluding hydrogens is 224 g/mol. The van der Waals surface area contributed by atoms with Crippen molar-refractivity contribution >= 4 is 5.91 Å². The van der Waals surface area contributed by atoms with Crippen molar-refractivity contribution in [3.8, 4) is 0 Å². The van der Waals surface area contributed by atoms with E-state index in [-0.39, 0.29) is 0 Å². The highest BCUT2D eigenvalue weighted by Gasteiger charge is 2.21. The van der Waals surface area contributed by atoms with E-state index in [4.69, 9.17) is 5.73 Å². The van der Waals surface area contributed by atoms with Crippen LogP contribution in [0.2, 0.25) is 0 Å². The molecule has 0 aromatic heterocycles. The molecule has 1 unspecified atom stereocenters. The van der Waals surface area contributed by atoms with Gasteiger partial charge in [0.1, 0.15) is 0 Å². The Morgan fingerprint density at radius 3 is 2.39 bits per heavy atom. The molecule has 1 aliphatic heterocycles. The van der Waals surface area contributed by atoms with Gasteiger partial charge in [-0.15, -0.1) is 0 Å². The molecule has 0 spiro atoms. The summed E-state index contributed by atoms with van der Waals surface area (Å²) < 4.78 is 0. The number of hydrogen-bond acceptors (Lipinski definition) is 2. The van der Waals surface area contributed by atoms with Gasteiger partial charge in [0.2, 0.25) is 5.91 Å². The second-order valence-electron chi connectivity index (χ2n) is 6.18. The average Bonchev–Trinajstić information content (AvgIpc) is 2.34. The van der Waals surface area contributed by atoms with Crippen LogP contribution in [0.15, 0.2) is 0 Å². The predicted octanol–water partition coefficient (Wildman–Crippen LogP) is 2.65. The van der Waals surface area contributed by atoms with Crippen LogP contribution < -0.4 is 5.73 Å². The van der Waals surface area contributed by atoms with Crippen molar-refractivity contribution in [3.05, 3.63) is 0 Å². The summed E-state index contributed by atoms with van der Waals surface area (Å²) in [6.45, 7) is 9.39. The summed E-state index contributed by atoms with van der Waals surface area (Å²) in [4.78, 5) is 14.2. The van der Waals surface area contributed by atoms with Gasteiger partial charge in [-0.25, -0.2) is 0 Å². The van der Waals surface area contributed by atoms with Gasteiger partial charge in [0.05, 0.1) is 0 Å². The van der Waals surface area contributed by atoms with E-state index in [2.05, 4.69) is 25.7 Å². The molecule has 106 valence electrons. The number of nitrogens with two attached hydrogens (primary N) is 1. The van der Waals surface area contributed by atoms with Gasteiger partial charge in [0.25, 0.3) is 0 Å². The standard InChI is InChI=1S/C15H30N2O/c1-12(2)14(6-9-16)4-5-15(18)17-10-7-13(3)8-11-17/h12-14H,4-11,16H2,1-3H3.